The molecule has 4 aromatic rings. The van der Waals surface area contributed by atoms with Gasteiger partial charge >= 0.3 is 0 Å². The molecule has 0 aliphatic heterocycles. The first kappa shape index (κ1) is 17.2. The van der Waals surface area contributed by atoms with Crippen LogP contribution in [0.2, 0.25) is 5.02 Å². The molecule has 4 rings (SSSR count). The molecule has 3 nitrogen and oxygen atoms in total. The van der Waals surface area contributed by atoms with E-state index in [-0.39, 0.29) is 5.56 Å². The summed E-state index contributed by atoms with van der Waals surface area (Å²) in [6.07, 6.45) is 0.718. The van der Waals surface area contributed by atoms with Crippen LogP contribution in [-0.2, 0) is 13.0 Å². The molecule has 2 heterocycles. The highest BCUT2D eigenvalue weighted by atomic mass is 35.5. The van der Waals surface area contributed by atoms with E-state index < -0.39 is 0 Å². The number of hydrogen-bond acceptors (Lipinski definition) is 3. The first-order valence-electron chi connectivity index (χ1n) is 8.18. The normalized spacial score (nSPS) is 11.1. The van der Waals surface area contributed by atoms with E-state index in [9.17, 15) is 4.79 Å². The van der Waals surface area contributed by atoms with Gasteiger partial charge in [-0.1, -0.05) is 54.1 Å². The van der Waals surface area contributed by atoms with Gasteiger partial charge in [0, 0.05) is 16.4 Å². The quantitative estimate of drug-likeness (QED) is 0.449. The van der Waals surface area contributed by atoms with Gasteiger partial charge in [0.05, 0.1) is 5.39 Å². The Morgan fingerprint density at radius 2 is 1.81 bits per heavy atom. The zero-order valence-corrected chi connectivity index (χ0v) is 16.1. The van der Waals surface area contributed by atoms with Gasteiger partial charge in [-0.25, -0.2) is 0 Å². The van der Waals surface area contributed by atoms with Crippen LogP contribution in [0, 0.1) is 4.77 Å². The van der Waals surface area contributed by atoms with Crippen molar-refractivity contribution >= 4 is 45.4 Å². The second-order valence-corrected chi connectivity index (χ2v) is 7.86. The number of aryl methyl sites for hydroxylation is 1. The maximum absolute atomic E-state index is 12.9. The maximum atomic E-state index is 12.9. The molecule has 0 spiro atoms. The van der Waals surface area contributed by atoms with Gasteiger partial charge in [0.25, 0.3) is 5.56 Å². The fourth-order valence-corrected chi connectivity index (χ4v) is 4.41. The van der Waals surface area contributed by atoms with Crippen molar-refractivity contribution < 1.29 is 0 Å². The number of nitrogens with one attached hydrogen (secondary N) is 1. The number of benzene rings is 2. The minimum absolute atomic E-state index is 0.0452. The lowest BCUT2D eigenvalue weighted by Gasteiger charge is -2.06. The van der Waals surface area contributed by atoms with Crippen molar-refractivity contribution in [1.29, 1.82) is 0 Å². The number of rotatable bonds is 4. The van der Waals surface area contributed by atoms with Crippen LogP contribution in [0.4, 0.5) is 0 Å². The Hall–Kier alpha value is -2.21. The van der Waals surface area contributed by atoms with Gasteiger partial charge in [-0.05, 0) is 48.0 Å². The molecule has 0 saturated carbocycles. The number of nitrogens with zero attached hydrogens (tertiary/aromatic N) is 1. The Morgan fingerprint density at radius 1 is 1.08 bits per heavy atom. The molecule has 26 heavy (non-hydrogen) atoms. The average Bonchev–Trinajstić information content (AvgIpc) is 3.08. The van der Waals surface area contributed by atoms with E-state index in [0.29, 0.717) is 21.7 Å². The van der Waals surface area contributed by atoms with Gasteiger partial charge in [-0.3, -0.25) is 9.36 Å². The molecule has 0 aliphatic rings. The lowest BCUT2D eigenvalue weighted by molar-refractivity contribution is 0.653. The highest BCUT2D eigenvalue weighted by Crippen LogP contribution is 2.30. The summed E-state index contributed by atoms with van der Waals surface area (Å²) in [7, 11) is 0. The summed E-state index contributed by atoms with van der Waals surface area (Å²) in [5, 5.41) is 1.38. The van der Waals surface area contributed by atoms with E-state index in [1.807, 2.05) is 60.7 Å². The van der Waals surface area contributed by atoms with Crippen molar-refractivity contribution in [2.45, 2.75) is 13.0 Å². The van der Waals surface area contributed by atoms with E-state index in [4.69, 9.17) is 23.8 Å². The van der Waals surface area contributed by atoms with Gasteiger partial charge in [0.2, 0.25) is 0 Å². The van der Waals surface area contributed by atoms with Crippen LogP contribution >= 0.6 is 35.2 Å². The Morgan fingerprint density at radius 3 is 2.54 bits per heavy atom. The maximum Gasteiger partial charge on any atom is 0.263 e. The monoisotopic (exact) mass is 398 g/mol. The summed E-state index contributed by atoms with van der Waals surface area (Å²) in [6, 6.07) is 19.6. The number of hydrogen-bond donors (Lipinski definition) is 1. The van der Waals surface area contributed by atoms with Crippen LogP contribution in [0.1, 0.15) is 5.56 Å². The second-order valence-electron chi connectivity index (χ2n) is 5.98. The molecule has 1 N–H and O–H groups in total. The van der Waals surface area contributed by atoms with Crippen LogP contribution in [0.15, 0.2) is 65.5 Å². The highest BCUT2D eigenvalue weighted by molar-refractivity contribution is 7.71. The van der Waals surface area contributed by atoms with Crippen molar-refractivity contribution in [2.24, 2.45) is 0 Å². The van der Waals surface area contributed by atoms with Gasteiger partial charge in [0.1, 0.15) is 4.83 Å². The average molecular weight is 399 g/mol. The minimum atomic E-state index is -0.0452. The van der Waals surface area contributed by atoms with Crippen LogP contribution < -0.4 is 5.56 Å². The number of halogens is 1. The summed E-state index contributed by atoms with van der Waals surface area (Å²) in [6.45, 7) is 0.530. The number of fused-ring (bicyclic) bond motifs is 1. The minimum Gasteiger partial charge on any atom is -0.323 e. The Bertz CT molecular complexity index is 1170. The molecular weight excluding hydrogens is 384 g/mol. The fourth-order valence-electron chi connectivity index (χ4n) is 2.88. The molecule has 0 unspecified atom stereocenters. The first-order valence-corrected chi connectivity index (χ1v) is 9.78. The lowest BCUT2D eigenvalue weighted by Crippen LogP contribution is -2.22. The van der Waals surface area contributed by atoms with Crippen molar-refractivity contribution in [3.63, 3.8) is 0 Å². The molecule has 0 saturated heterocycles. The molecule has 0 amide bonds. The third-order valence-electron chi connectivity index (χ3n) is 4.27. The van der Waals surface area contributed by atoms with Crippen LogP contribution in [0.5, 0.6) is 0 Å². The predicted molar refractivity (Wildman–Crippen MR) is 112 cm³/mol. The van der Waals surface area contributed by atoms with E-state index >= 15 is 0 Å². The largest absolute Gasteiger partial charge is 0.323 e. The van der Waals surface area contributed by atoms with Gasteiger partial charge in [-0.2, -0.15) is 0 Å². The Kier molecular flexibility index (Phi) is 4.76. The van der Waals surface area contributed by atoms with Crippen LogP contribution in [0.25, 0.3) is 20.7 Å². The molecule has 0 radical (unpaired) electrons. The molecular formula is C20H15ClN2OS2. The third-order valence-corrected chi connectivity index (χ3v) is 5.94. The zero-order chi connectivity index (χ0) is 18.1. The fraction of sp³-hybridized carbons (Fsp3) is 0.100. The smallest absolute Gasteiger partial charge is 0.263 e. The summed E-state index contributed by atoms with van der Waals surface area (Å²) < 4.78 is 2.09. The molecule has 2 aromatic heterocycles. The summed E-state index contributed by atoms with van der Waals surface area (Å²) in [4.78, 5) is 18.0. The van der Waals surface area contributed by atoms with E-state index in [1.54, 1.807) is 15.9 Å². The molecule has 6 heteroatoms. The SMILES string of the molecule is O=c1c2cc(-c3ccccc3)sc2[nH]c(=S)n1CCc1ccc(Cl)cc1. The summed E-state index contributed by atoms with van der Waals surface area (Å²) in [5.41, 5.74) is 2.17. The second kappa shape index (κ2) is 7.19. The van der Waals surface area contributed by atoms with Crippen LogP contribution in [0.3, 0.4) is 0 Å². The topological polar surface area (TPSA) is 37.8 Å². The van der Waals surface area contributed by atoms with E-state index in [2.05, 4.69) is 4.98 Å². The van der Waals surface area contributed by atoms with E-state index in [0.717, 1.165) is 27.3 Å². The predicted octanol–water partition coefficient (Wildman–Crippen LogP) is 5.68. The number of aromatic nitrogens is 2. The molecule has 0 atom stereocenters. The number of aromatic amines is 1. The first-order chi connectivity index (χ1) is 12.6. The zero-order valence-electron chi connectivity index (χ0n) is 13.7. The number of thiophene rings is 1. The summed E-state index contributed by atoms with van der Waals surface area (Å²) in [5.74, 6) is 0. The lowest BCUT2D eigenvalue weighted by atomic mass is 10.1. The van der Waals surface area contributed by atoms with Crippen molar-refractivity contribution in [3.05, 3.63) is 86.4 Å². The Labute approximate surface area is 164 Å². The standard InChI is InChI=1S/C20H15ClN2OS2/c21-15-8-6-13(7-9-15)10-11-23-19(24)16-12-17(14-4-2-1-3-5-14)26-18(16)22-20(23)25/h1-9,12H,10-11H2,(H,22,25). The molecule has 2 aromatic carbocycles. The molecule has 0 bridgehead atoms. The molecule has 130 valence electrons. The highest BCUT2D eigenvalue weighted by Gasteiger charge is 2.11. The van der Waals surface area contributed by atoms with Gasteiger partial charge < -0.3 is 4.98 Å². The third kappa shape index (κ3) is 3.38. The van der Waals surface area contributed by atoms with Crippen LogP contribution in [-0.4, -0.2) is 9.55 Å². The van der Waals surface area contributed by atoms with Crippen molar-refractivity contribution in [3.8, 4) is 10.4 Å². The van der Waals surface area contributed by atoms with Gasteiger partial charge in [-0.15, -0.1) is 11.3 Å². The van der Waals surface area contributed by atoms with E-state index in [1.165, 1.54) is 0 Å². The number of H-pyrrole nitrogens is 1. The molecule has 0 aliphatic carbocycles. The molecule has 0 fully saturated rings. The summed E-state index contributed by atoms with van der Waals surface area (Å²) >= 11 is 12.9. The Balaban J connectivity index is 1.70. The van der Waals surface area contributed by atoms with Crippen molar-refractivity contribution in [1.82, 2.24) is 9.55 Å². The van der Waals surface area contributed by atoms with Gasteiger partial charge in [0.15, 0.2) is 4.77 Å². The van der Waals surface area contributed by atoms with Crippen molar-refractivity contribution in [2.75, 3.05) is 0 Å².